The van der Waals surface area contributed by atoms with Crippen LogP contribution in [0.4, 0.5) is 5.13 Å². The molecule has 0 spiro atoms. The van der Waals surface area contributed by atoms with E-state index >= 15 is 0 Å². The second-order valence-electron chi connectivity index (χ2n) is 3.56. The van der Waals surface area contributed by atoms with Crippen LogP contribution in [0.15, 0.2) is 23.2 Å². The summed E-state index contributed by atoms with van der Waals surface area (Å²) >= 11 is 7.04. The fourth-order valence-electron chi connectivity index (χ4n) is 1.26. The van der Waals surface area contributed by atoms with Crippen molar-refractivity contribution in [1.29, 1.82) is 0 Å². The predicted octanol–water partition coefficient (Wildman–Crippen LogP) is 2.61. The number of hydrogen-bond acceptors (Lipinski definition) is 5. The number of anilines is 1. The summed E-state index contributed by atoms with van der Waals surface area (Å²) in [5, 5.41) is 0.264. The summed E-state index contributed by atoms with van der Waals surface area (Å²) in [6.45, 7) is 3.70. The number of nitrogens with one attached hydrogen (secondary N) is 1. The van der Waals surface area contributed by atoms with Gasteiger partial charge in [-0.2, -0.15) is 0 Å². The van der Waals surface area contributed by atoms with E-state index < -0.39 is 10.0 Å². The number of sulfonamides is 1. The Morgan fingerprint density at radius 2 is 2.11 bits per heavy atom. The summed E-state index contributed by atoms with van der Waals surface area (Å²) in [6, 6.07) is 2.91. The fraction of sp³-hybridized carbons (Fsp3) is 0.200. The van der Waals surface area contributed by atoms with Gasteiger partial charge >= 0.3 is 0 Å². The molecule has 8 heteroatoms. The molecule has 0 aromatic carbocycles. The molecule has 0 aliphatic carbocycles. The quantitative estimate of drug-likeness (QED) is 0.885. The molecule has 2 aromatic heterocycles. The Morgan fingerprint density at radius 3 is 2.67 bits per heavy atom. The zero-order valence-corrected chi connectivity index (χ0v) is 12.0. The van der Waals surface area contributed by atoms with Gasteiger partial charge in [-0.1, -0.05) is 11.6 Å². The molecule has 2 aromatic rings. The maximum atomic E-state index is 12.1. The molecule has 1 N–H and O–H groups in total. The number of rotatable bonds is 3. The second-order valence-corrected chi connectivity index (χ2v) is 6.77. The lowest BCUT2D eigenvalue weighted by atomic mass is 10.4. The summed E-state index contributed by atoms with van der Waals surface area (Å²) in [7, 11) is -3.74. The van der Waals surface area contributed by atoms with Gasteiger partial charge in [0, 0.05) is 11.1 Å². The molecule has 0 bridgehead atoms. The van der Waals surface area contributed by atoms with Gasteiger partial charge in [-0.15, -0.1) is 11.3 Å². The van der Waals surface area contributed by atoms with Crippen LogP contribution >= 0.6 is 22.9 Å². The van der Waals surface area contributed by atoms with E-state index in [0.717, 1.165) is 10.6 Å². The van der Waals surface area contributed by atoms with Crippen molar-refractivity contribution in [3.05, 3.63) is 34.1 Å². The Bertz CT molecular complexity index is 663. The third-order valence-electron chi connectivity index (χ3n) is 2.26. The van der Waals surface area contributed by atoms with Crippen molar-refractivity contribution in [2.24, 2.45) is 0 Å². The molecule has 0 saturated carbocycles. The second kappa shape index (κ2) is 4.83. The Kier molecular flexibility index (Phi) is 3.56. The van der Waals surface area contributed by atoms with E-state index in [2.05, 4.69) is 14.7 Å². The predicted molar refractivity (Wildman–Crippen MR) is 71.6 cm³/mol. The van der Waals surface area contributed by atoms with E-state index in [4.69, 9.17) is 11.6 Å². The van der Waals surface area contributed by atoms with Crippen LogP contribution in [0, 0.1) is 13.8 Å². The molecule has 96 valence electrons. The SMILES string of the molecule is Cc1nc(NS(=O)(=O)c2cccnc2Cl)sc1C. The minimum Gasteiger partial charge on any atom is -0.255 e. The Hall–Kier alpha value is -1.18. The number of aromatic nitrogens is 2. The summed E-state index contributed by atoms with van der Waals surface area (Å²) in [5.41, 5.74) is 0.801. The molecule has 0 saturated heterocycles. The number of thiazole rings is 1. The van der Waals surface area contributed by atoms with Crippen molar-refractivity contribution >= 4 is 38.1 Å². The molecule has 0 aliphatic heterocycles. The van der Waals surface area contributed by atoms with E-state index in [1.165, 1.54) is 29.7 Å². The van der Waals surface area contributed by atoms with E-state index in [-0.39, 0.29) is 10.0 Å². The fourth-order valence-corrected chi connectivity index (χ4v) is 3.76. The highest BCUT2D eigenvalue weighted by atomic mass is 35.5. The van der Waals surface area contributed by atoms with Crippen LogP contribution in [0.1, 0.15) is 10.6 Å². The summed E-state index contributed by atoms with van der Waals surface area (Å²) in [6.07, 6.45) is 1.43. The lowest BCUT2D eigenvalue weighted by Gasteiger charge is -2.05. The van der Waals surface area contributed by atoms with Crippen LogP contribution in [0.25, 0.3) is 0 Å². The number of hydrogen-bond donors (Lipinski definition) is 1. The van der Waals surface area contributed by atoms with Crippen molar-refractivity contribution in [3.8, 4) is 0 Å². The number of pyridine rings is 1. The first-order chi connectivity index (χ1) is 8.40. The van der Waals surface area contributed by atoms with Crippen LogP contribution in [-0.2, 0) is 10.0 Å². The summed E-state index contributed by atoms with van der Waals surface area (Å²) in [5.74, 6) is 0. The maximum absolute atomic E-state index is 12.1. The molecular weight excluding hydrogens is 294 g/mol. The smallest absolute Gasteiger partial charge is 0.255 e. The number of nitrogens with zero attached hydrogens (tertiary/aromatic N) is 2. The average Bonchev–Trinajstić information content (AvgIpc) is 2.57. The van der Waals surface area contributed by atoms with Gasteiger partial charge in [-0.25, -0.2) is 18.4 Å². The van der Waals surface area contributed by atoms with Gasteiger partial charge in [0.15, 0.2) is 5.13 Å². The van der Waals surface area contributed by atoms with Crippen LogP contribution in [0.2, 0.25) is 5.15 Å². The molecule has 0 radical (unpaired) electrons. The van der Waals surface area contributed by atoms with Crippen LogP contribution in [0.5, 0.6) is 0 Å². The van der Waals surface area contributed by atoms with E-state index in [1.807, 2.05) is 13.8 Å². The van der Waals surface area contributed by atoms with Crippen molar-refractivity contribution in [3.63, 3.8) is 0 Å². The topological polar surface area (TPSA) is 72.0 Å². The van der Waals surface area contributed by atoms with Crippen molar-refractivity contribution < 1.29 is 8.42 Å². The van der Waals surface area contributed by atoms with E-state index in [9.17, 15) is 8.42 Å². The van der Waals surface area contributed by atoms with Crippen LogP contribution in [-0.4, -0.2) is 18.4 Å². The van der Waals surface area contributed by atoms with Gasteiger partial charge in [0.25, 0.3) is 10.0 Å². The molecule has 0 unspecified atom stereocenters. The highest BCUT2D eigenvalue weighted by Gasteiger charge is 2.20. The van der Waals surface area contributed by atoms with Crippen LogP contribution in [0.3, 0.4) is 0 Å². The monoisotopic (exact) mass is 303 g/mol. The van der Waals surface area contributed by atoms with E-state index in [0.29, 0.717) is 5.13 Å². The van der Waals surface area contributed by atoms with Crippen molar-refractivity contribution in [2.45, 2.75) is 18.7 Å². The molecule has 0 fully saturated rings. The van der Waals surface area contributed by atoms with Gasteiger partial charge in [-0.3, -0.25) is 4.72 Å². The molecule has 2 rings (SSSR count). The Balaban J connectivity index is 2.36. The standard InChI is InChI=1S/C10H10ClN3O2S2/c1-6-7(2)17-10(13-6)14-18(15,16)8-4-3-5-12-9(8)11/h3-5H,1-2H3,(H,13,14). The van der Waals surface area contributed by atoms with Gasteiger partial charge < -0.3 is 0 Å². The molecule has 2 heterocycles. The minimum absolute atomic E-state index is 0.0582. The van der Waals surface area contributed by atoms with Crippen LogP contribution < -0.4 is 4.72 Å². The van der Waals surface area contributed by atoms with Gasteiger partial charge in [0.1, 0.15) is 10.0 Å². The first kappa shape index (κ1) is 13.3. The Morgan fingerprint density at radius 1 is 1.39 bits per heavy atom. The lowest BCUT2D eigenvalue weighted by Crippen LogP contribution is -2.13. The summed E-state index contributed by atoms with van der Waals surface area (Å²) in [4.78, 5) is 8.76. The first-order valence-corrected chi connectivity index (χ1v) is 7.65. The number of aryl methyl sites for hydroxylation is 2. The van der Waals surface area contributed by atoms with Gasteiger partial charge in [-0.05, 0) is 26.0 Å². The maximum Gasteiger partial charge on any atom is 0.266 e. The average molecular weight is 304 g/mol. The third kappa shape index (κ3) is 2.63. The zero-order valence-electron chi connectivity index (χ0n) is 9.64. The highest BCUT2D eigenvalue weighted by molar-refractivity contribution is 7.93. The largest absolute Gasteiger partial charge is 0.266 e. The first-order valence-electron chi connectivity index (χ1n) is 4.97. The molecule has 0 aliphatic rings. The number of halogens is 1. The molecule has 5 nitrogen and oxygen atoms in total. The lowest BCUT2D eigenvalue weighted by molar-refractivity contribution is 0.601. The normalized spacial score (nSPS) is 11.5. The Labute approximate surface area is 114 Å². The third-order valence-corrected chi connectivity index (χ3v) is 5.17. The summed E-state index contributed by atoms with van der Waals surface area (Å²) < 4.78 is 26.5. The molecule has 18 heavy (non-hydrogen) atoms. The highest BCUT2D eigenvalue weighted by Crippen LogP contribution is 2.25. The zero-order chi connectivity index (χ0) is 13.3. The minimum atomic E-state index is -3.74. The molecule has 0 amide bonds. The van der Waals surface area contributed by atoms with Gasteiger partial charge in [0.2, 0.25) is 0 Å². The van der Waals surface area contributed by atoms with Gasteiger partial charge in [0.05, 0.1) is 5.69 Å². The molecule has 0 atom stereocenters. The van der Waals surface area contributed by atoms with Crippen molar-refractivity contribution in [2.75, 3.05) is 4.72 Å². The van der Waals surface area contributed by atoms with Crippen molar-refractivity contribution in [1.82, 2.24) is 9.97 Å². The van der Waals surface area contributed by atoms with E-state index in [1.54, 1.807) is 0 Å². The molecular formula is C10H10ClN3O2S2.